The van der Waals surface area contributed by atoms with E-state index in [1.807, 2.05) is 16.7 Å². The lowest BCUT2D eigenvalue weighted by Gasteiger charge is -2.13. The second-order valence-corrected chi connectivity index (χ2v) is 9.04. The number of amides is 1. The van der Waals surface area contributed by atoms with Crippen molar-refractivity contribution >= 4 is 29.3 Å². The van der Waals surface area contributed by atoms with Crippen molar-refractivity contribution in [2.45, 2.75) is 45.5 Å². The monoisotopic (exact) mass is 482 g/mol. The molecule has 0 atom stereocenters. The van der Waals surface area contributed by atoms with E-state index in [0.717, 1.165) is 12.2 Å². The fourth-order valence-corrected chi connectivity index (χ4v) is 3.99. The highest BCUT2D eigenvalue weighted by Crippen LogP contribution is 2.21. The zero-order chi connectivity index (χ0) is 24.5. The maximum atomic E-state index is 12.5. The van der Waals surface area contributed by atoms with Crippen LogP contribution in [0.25, 0.3) is 0 Å². The number of carbonyl (C=O) groups is 2. The van der Waals surface area contributed by atoms with Gasteiger partial charge in [0.15, 0.2) is 11.0 Å². The zero-order valence-electron chi connectivity index (χ0n) is 19.9. The van der Waals surface area contributed by atoms with E-state index in [2.05, 4.69) is 48.4 Å². The summed E-state index contributed by atoms with van der Waals surface area (Å²) >= 11 is 1.31. The molecule has 0 radical (unpaired) electrons. The van der Waals surface area contributed by atoms with Crippen LogP contribution >= 0.6 is 11.8 Å². The summed E-state index contributed by atoms with van der Waals surface area (Å²) in [6.07, 6.45) is 0.980. The third kappa shape index (κ3) is 7.08. The number of nitrogens with one attached hydrogen (secondary N) is 1. The Morgan fingerprint density at radius 3 is 2.56 bits per heavy atom. The Balaban J connectivity index is 1.62. The highest BCUT2D eigenvalue weighted by Gasteiger charge is 2.16. The van der Waals surface area contributed by atoms with Crippen LogP contribution in [0.2, 0.25) is 0 Å². The van der Waals surface area contributed by atoms with Crippen LogP contribution in [0, 0.1) is 5.92 Å². The molecule has 34 heavy (non-hydrogen) atoms. The molecule has 3 rings (SSSR count). The molecule has 180 valence electrons. The Hall–Kier alpha value is -3.33. The standard InChI is InChI=1S/C25H30N4O4S/c1-5-18-9-11-21(12-10-18)33-15-22-27-28-25(29(22)14-17(2)3)34-16-23(30)26-20-8-6-7-19(13-20)24(31)32-4/h6-13,17H,5,14-16H2,1-4H3,(H,26,30). The first-order valence-electron chi connectivity index (χ1n) is 11.1. The number of nitrogens with zero attached hydrogens (tertiary/aromatic N) is 3. The number of aromatic nitrogens is 3. The Bertz CT molecular complexity index is 1110. The predicted octanol–water partition coefficient (Wildman–Crippen LogP) is 4.59. The molecule has 0 saturated carbocycles. The van der Waals surface area contributed by atoms with E-state index in [1.165, 1.54) is 24.4 Å². The van der Waals surface area contributed by atoms with Crippen molar-refractivity contribution in [1.29, 1.82) is 0 Å². The van der Waals surface area contributed by atoms with Gasteiger partial charge in [-0.25, -0.2) is 4.79 Å². The van der Waals surface area contributed by atoms with Gasteiger partial charge in [0.2, 0.25) is 5.91 Å². The molecule has 1 N–H and O–H groups in total. The molecular weight excluding hydrogens is 452 g/mol. The Labute approximate surface area is 204 Å². The average molecular weight is 483 g/mol. The van der Waals surface area contributed by atoms with Gasteiger partial charge in [0.05, 0.1) is 18.4 Å². The number of hydrogen-bond donors (Lipinski definition) is 1. The van der Waals surface area contributed by atoms with Gasteiger partial charge in [0.1, 0.15) is 12.4 Å². The number of aryl methyl sites for hydroxylation is 1. The minimum Gasteiger partial charge on any atom is -0.486 e. The largest absolute Gasteiger partial charge is 0.486 e. The topological polar surface area (TPSA) is 95.3 Å². The number of hydrogen-bond acceptors (Lipinski definition) is 7. The molecule has 0 fully saturated rings. The Kier molecular flexibility index (Phi) is 9.09. The first kappa shape index (κ1) is 25.3. The summed E-state index contributed by atoms with van der Waals surface area (Å²) in [6.45, 7) is 7.35. The Morgan fingerprint density at radius 1 is 1.12 bits per heavy atom. The van der Waals surface area contributed by atoms with Crippen molar-refractivity contribution in [3.63, 3.8) is 0 Å². The molecule has 1 amide bonds. The van der Waals surface area contributed by atoms with Crippen molar-refractivity contribution < 1.29 is 19.1 Å². The zero-order valence-corrected chi connectivity index (χ0v) is 20.7. The van der Waals surface area contributed by atoms with Crippen LogP contribution in [-0.4, -0.2) is 39.5 Å². The van der Waals surface area contributed by atoms with E-state index in [4.69, 9.17) is 9.47 Å². The number of methoxy groups -OCH3 is 1. The van der Waals surface area contributed by atoms with Gasteiger partial charge >= 0.3 is 5.97 Å². The van der Waals surface area contributed by atoms with Gasteiger partial charge < -0.3 is 19.4 Å². The fraction of sp³-hybridized carbons (Fsp3) is 0.360. The number of esters is 1. The van der Waals surface area contributed by atoms with Gasteiger partial charge in [-0.05, 0) is 48.2 Å². The third-order valence-electron chi connectivity index (χ3n) is 4.94. The van der Waals surface area contributed by atoms with E-state index in [0.29, 0.717) is 34.7 Å². The summed E-state index contributed by atoms with van der Waals surface area (Å²) in [4.78, 5) is 24.2. The SMILES string of the molecule is CCc1ccc(OCc2nnc(SCC(=O)Nc3cccc(C(=O)OC)c3)n2CC(C)C)cc1. The average Bonchev–Trinajstić information content (AvgIpc) is 3.22. The minimum atomic E-state index is -0.455. The molecule has 0 aliphatic carbocycles. The van der Waals surface area contributed by atoms with Crippen LogP contribution in [0.15, 0.2) is 53.7 Å². The molecule has 9 heteroatoms. The normalized spacial score (nSPS) is 10.9. The fourth-order valence-electron chi connectivity index (χ4n) is 3.22. The molecule has 0 unspecified atom stereocenters. The molecule has 0 spiro atoms. The van der Waals surface area contributed by atoms with Gasteiger partial charge in [0, 0.05) is 12.2 Å². The molecule has 0 aliphatic heterocycles. The molecule has 3 aromatic rings. The van der Waals surface area contributed by atoms with E-state index in [1.54, 1.807) is 24.3 Å². The van der Waals surface area contributed by atoms with E-state index in [-0.39, 0.29) is 18.3 Å². The van der Waals surface area contributed by atoms with Gasteiger partial charge in [-0.1, -0.05) is 50.7 Å². The van der Waals surface area contributed by atoms with E-state index >= 15 is 0 Å². The molecule has 0 aliphatic rings. The van der Waals surface area contributed by atoms with Crippen LogP contribution in [0.4, 0.5) is 5.69 Å². The molecule has 2 aromatic carbocycles. The molecule has 0 bridgehead atoms. The molecular formula is C25H30N4O4S. The second kappa shape index (κ2) is 12.2. The lowest BCUT2D eigenvalue weighted by Crippen LogP contribution is -2.16. The maximum Gasteiger partial charge on any atom is 0.337 e. The maximum absolute atomic E-state index is 12.5. The number of anilines is 1. The number of carbonyl (C=O) groups excluding carboxylic acids is 2. The van der Waals surface area contributed by atoms with Crippen LogP contribution < -0.4 is 10.1 Å². The van der Waals surface area contributed by atoms with Crippen LogP contribution in [0.1, 0.15) is 42.5 Å². The number of benzene rings is 2. The summed E-state index contributed by atoms with van der Waals surface area (Å²) in [6, 6.07) is 14.6. The summed E-state index contributed by atoms with van der Waals surface area (Å²) in [7, 11) is 1.32. The number of ether oxygens (including phenoxy) is 2. The minimum absolute atomic E-state index is 0.151. The summed E-state index contributed by atoms with van der Waals surface area (Å²) in [5, 5.41) is 12.1. The molecule has 8 nitrogen and oxygen atoms in total. The summed E-state index contributed by atoms with van der Waals surface area (Å²) in [5.41, 5.74) is 2.16. The second-order valence-electron chi connectivity index (χ2n) is 8.10. The highest BCUT2D eigenvalue weighted by atomic mass is 32.2. The van der Waals surface area contributed by atoms with Crippen LogP contribution in [-0.2, 0) is 29.1 Å². The number of thioether (sulfide) groups is 1. The van der Waals surface area contributed by atoms with Crippen molar-refractivity contribution in [2.75, 3.05) is 18.2 Å². The molecule has 1 heterocycles. The van der Waals surface area contributed by atoms with Crippen molar-refractivity contribution in [3.8, 4) is 5.75 Å². The third-order valence-corrected chi connectivity index (χ3v) is 5.91. The van der Waals surface area contributed by atoms with Gasteiger partial charge in [-0.3, -0.25) is 4.79 Å². The van der Waals surface area contributed by atoms with Crippen molar-refractivity contribution in [2.24, 2.45) is 5.92 Å². The van der Waals surface area contributed by atoms with E-state index in [9.17, 15) is 9.59 Å². The molecule has 0 saturated heterocycles. The summed E-state index contributed by atoms with van der Waals surface area (Å²) < 4.78 is 12.6. The quantitative estimate of drug-likeness (QED) is 0.315. The number of rotatable bonds is 11. The smallest absolute Gasteiger partial charge is 0.337 e. The predicted molar refractivity (Wildman–Crippen MR) is 132 cm³/mol. The van der Waals surface area contributed by atoms with Gasteiger partial charge in [-0.15, -0.1) is 10.2 Å². The van der Waals surface area contributed by atoms with Gasteiger partial charge in [0.25, 0.3) is 0 Å². The molecule has 1 aromatic heterocycles. The lowest BCUT2D eigenvalue weighted by molar-refractivity contribution is -0.113. The van der Waals surface area contributed by atoms with Crippen molar-refractivity contribution in [1.82, 2.24) is 14.8 Å². The summed E-state index contributed by atoms with van der Waals surface area (Å²) in [5.74, 6) is 1.34. The van der Waals surface area contributed by atoms with Crippen LogP contribution in [0.5, 0.6) is 5.75 Å². The Morgan fingerprint density at radius 2 is 1.88 bits per heavy atom. The van der Waals surface area contributed by atoms with Crippen molar-refractivity contribution in [3.05, 3.63) is 65.5 Å². The first-order valence-corrected chi connectivity index (χ1v) is 12.1. The first-order chi connectivity index (χ1) is 16.4. The lowest BCUT2D eigenvalue weighted by atomic mass is 10.2. The van der Waals surface area contributed by atoms with E-state index < -0.39 is 5.97 Å². The highest BCUT2D eigenvalue weighted by molar-refractivity contribution is 7.99. The van der Waals surface area contributed by atoms with Crippen LogP contribution in [0.3, 0.4) is 0 Å². The van der Waals surface area contributed by atoms with Gasteiger partial charge in [-0.2, -0.15) is 0 Å².